The Morgan fingerprint density at radius 3 is 2.00 bits per heavy atom. The van der Waals surface area contributed by atoms with Crippen molar-refractivity contribution in [3.8, 4) is 0 Å². The van der Waals surface area contributed by atoms with E-state index >= 15 is 0 Å². The fourth-order valence-electron chi connectivity index (χ4n) is 2.14. The molecule has 0 fully saturated rings. The number of hydrogen-bond donors (Lipinski definition) is 0. The highest BCUT2D eigenvalue weighted by atomic mass is 35.5. The van der Waals surface area contributed by atoms with E-state index in [0.717, 1.165) is 25.6 Å². The summed E-state index contributed by atoms with van der Waals surface area (Å²) in [5.74, 6) is 0.723. The largest absolute Gasteiger partial charge is 0.383 e. The number of hydrogen-bond acceptors (Lipinski definition) is 2. The molecule has 0 N–H and O–H groups in total. The number of rotatable bonds is 14. The number of nitrogens with zero attached hydrogens (tertiary/aromatic N) is 1. The molecule has 0 amide bonds. The fraction of sp³-hybridized carbons (Fsp3) is 1.00. The fourth-order valence-corrected chi connectivity index (χ4v) is 2.38. The average molecular weight is 278 g/mol. The zero-order chi connectivity index (χ0) is 13.5. The molecule has 0 bridgehead atoms. The highest BCUT2D eigenvalue weighted by Crippen LogP contribution is 2.08. The van der Waals surface area contributed by atoms with E-state index in [9.17, 15) is 0 Å². The van der Waals surface area contributed by atoms with Crippen LogP contribution in [0.4, 0.5) is 0 Å². The third-order valence-electron chi connectivity index (χ3n) is 3.34. The van der Waals surface area contributed by atoms with Gasteiger partial charge in [-0.2, -0.15) is 0 Å². The minimum atomic E-state index is 0.723. The second-order valence-corrected chi connectivity index (χ2v) is 5.38. The Morgan fingerprint density at radius 2 is 1.44 bits per heavy atom. The summed E-state index contributed by atoms with van der Waals surface area (Å²) < 4.78 is 5.12. The quantitative estimate of drug-likeness (QED) is 0.346. The third-order valence-corrected chi connectivity index (χ3v) is 3.51. The molecule has 0 unspecified atom stereocenters. The van der Waals surface area contributed by atoms with E-state index in [4.69, 9.17) is 16.3 Å². The molecule has 0 spiro atoms. The van der Waals surface area contributed by atoms with Crippen molar-refractivity contribution >= 4 is 11.6 Å². The zero-order valence-electron chi connectivity index (χ0n) is 12.4. The highest BCUT2D eigenvalue weighted by Gasteiger charge is 2.03. The predicted octanol–water partition coefficient (Wildman–Crippen LogP) is 4.31. The normalized spacial score (nSPS) is 11.3. The van der Waals surface area contributed by atoms with Crippen molar-refractivity contribution in [3.63, 3.8) is 0 Å². The number of methoxy groups -OCH3 is 1. The molecule has 0 aliphatic heterocycles. The van der Waals surface area contributed by atoms with E-state index in [0.29, 0.717) is 0 Å². The van der Waals surface area contributed by atoms with Gasteiger partial charge in [-0.05, 0) is 13.0 Å². The maximum absolute atomic E-state index is 5.80. The van der Waals surface area contributed by atoms with Gasteiger partial charge in [-0.1, -0.05) is 51.9 Å². The highest BCUT2D eigenvalue weighted by molar-refractivity contribution is 6.18. The Hall–Kier alpha value is 0.210. The van der Waals surface area contributed by atoms with E-state index in [1.807, 2.05) is 0 Å². The lowest BCUT2D eigenvalue weighted by Crippen LogP contribution is -2.30. The maximum Gasteiger partial charge on any atom is 0.0589 e. The molecular weight excluding hydrogens is 246 g/mol. The van der Waals surface area contributed by atoms with Gasteiger partial charge < -0.3 is 4.74 Å². The first-order valence-corrected chi connectivity index (χ1v) is 8.15. The minimum Gasteiger partial charge on any atom is -0.383 e. The Bertz CT molecular complexity index is 155. The number of unbranched alkanes of at least 4 members (excludes halogenated alkanes) is 7. The van der Waals surface area contributed by atoms with Crippen molar-refractivity contribution in [2.45, 2.75) is 58.3 Å². The smallest absolute Gasteiger partial charge is 0.0589 e. The second-order valence-electron chi connectivity index (χ2n) is 5.00. The van der Waals surface area contributed by atoms with E-state index in [2.05, 4.69) is 11.8 Å². The molecule has 18 heavy (non-hydrogen) atoms. The van der Waals surface area contributed by atoms with Crippen LogP contribution in [0.5, 0.6) is 0 Å². The first kappa shape index (κ1) is 18.2. The van der Waals surface area contributed by atoms with Crippen LogP contribution < -0.4 is 0 Å². The molecule has 0 heterocycles. The van der Waals surface area contributed by atoms with E-state index in [1.54, 1.807) is 7.11 Å². The lowest BCUT2D eigenvalue weighted by Gasteiger charge is -2.20. The summed E-state index contributed by atoms with van der Waals surface area (Å²) >= 11 is 5.80. The topological polar surface area (TPSA) is 12.5 Å². The van der Waals surface area contributed by atoms with Crippen LogP contribution in [0.1, 0.15) is 58.3 Å². The van der Waals surface area contributed by atoms with Gasteiger partial charge >= 0.3 is 0 Å². The van der Waals surface area contributed by atoms with Crippen molar-refractivity contribution < 1.29 is 4.74 Å². The molecule has 0 saturated heterocycles. The van der Waals surface area contributed by atoms with Gasteiger partial charge in [0.15, 0.2) is 0 Å². The third kappa shape index (κ3) is 12.7. The van der Waals surface area contributed by atoms with E-state index in [-0.39, 0.29) is 0 Å². The monoisotopic (exact) mass is 277 g/mol. The number of ether oxygens (including phenoxy) is 1. The van der Waals surface area contributed by atoms with Crippen LogP contribution in [-0.2, 0) is 4.74 Å². The Balaban J connectivity index is 3.31. The maximum atomic E-state index is 5.80. The van der Waals surface area contributed by atoms with E-state index < -0.39 is 0 Å². The molecule has 2 nitrogen and oxygen atoms in total. The van der Waals surface area contributed by atoms with Gasteiger partial charge in [0.1, 0.15) is 0 Å². The molecule has 0 radical (unpaired) electrons. The Labute approximate surface area is 119 Å². The second kappa shape index (κ2) is 15.3. The molecule has 0 aliphatic carbocycles. The van der Waals surface area contributed by atoms with Gasteiger partial charge in [-0.3, -0.25) is 4.90 Å². The lowest BCUT2D eigenvalue weighted by molar-refractivity contribution is 0.150. The first-order valence-electron chi connectivity index (χ1n) is 7.62. The summed E-state index contributed by atoms with van der Waals surface area (Å²) in [4.78, 5) is 2.41. The standard InChI is InChI=1S/C15H32ClNO/c1-3-4-5-6-7-8-9-10-12-17(13-11-16)14-15-18-2/h3-15H2,1-2H3. The lowest BCUT2D eigenvalue weighted by atomic mass is 10.1. The molecule has 0 aromatic heterocycles. The van der Waals surface area contributed by atoms with Crippen molar-refractivity contribution in [2.75, 3.05) is 39.2 Å². The Kier molecular flexibility index (Phi) is 15.4. The van der Waals surface area contributed by atoms with Crippen LogP contribution >= 0.6 is 11.6 Å². The van der Waals surface area contributed by atoms with Crippen molar-refractivity contribution in [3.05, 3.63) is 0 Å². The van der Waals surface area contributed by atoms with Crippen LogP contribution in [0.15, 0.2) is 0 Å². The molecule has 0 aliphatic rings. The van der Waals surface area contributed by atoms with Crippen LogP contribution in [-0.4, -0.2) is 44.1 Å². The van der Waals surface area contributed by atoms with E-state index in [1.165, 1.54) is 57.9 Å². The molecule has 0 saturated carbocycles. The van der Waals surface area contributed by atoms with Gasteiger partial charge in [0.05, 0.1) is 6.61 Å². The molecule has 110 valence electrons. The summed E-state index contributed by atoms with van der Waals surface area (Å²) in [5, 5.41) is 0. The summed E-state index contributed by atoms with van der Waals surface area (Å²) in [7, 11) is 1.76. The molecular formula is C15H32ClNO. The minimum absolute atomic E-state index is 0.723. The van der Waals surface area contributed by atoms with Crippen molar-refractivity contribution in [1.29, 1.82) is 0 Å². The van der Waals surface area contributed by atoms with Crippen LogP contribution in [0.3, 0.4) is 0 Å². The number of halogens is 1. The van der Waals surface area contributed by atoms with Crippen LogP contribution in [0.2, 0.25) is 0 Å². The molecule has 3 heteroatoms. The first-order chi connectivity index (χ1) is 8.85. The van der Waals surface area contributed by atoms with Gasteiger partial charge in [-0.15, -0.1) is 11.6 Å². The summed E-state index contributed by atoms with van der Waals surface area (Å²) in [5.41, 5.74) is 0. The summed E-state index contributed by atoms with van der Waals surface area (Å²) in [6, 6.07) is 0. The van der Waals surface area contributed by atoms with Gasteiger partial charge in [-0.25, -0.2) is 0 Å². The molecule has 0 aromatic carbocycles. The number of alkyl halides is 1. The van der Waals surface area contributed by atoms with Crippen LogP contribution in [0.25, 0.3) is 0 Å². The van der Waals surface area contributed by atoms with Gasteiger partial charge in [0.2, 0.25) is 0 Å². The Morgan fingerprint density at radius 1 is 0.833 bits per heavy atom. The SMILES string of the molecule is CCCCCCCCCCN(CCCl)CCOC. The van der Waals surface area contributed by atoms with Gasteiger partial charge in [0, 0.05) is 26.1 Å². The average Bonchev–Trinajstić information content (AvgIpc) is 2.39. The summed E-state index contributed by atoms with van der Waals surface area (Å²) in [6.07, 6.45) is 11.0. The van der Waals surface area contributed by atoms with Crippen LogP contribution in [0, 0.1) is 0 Å². The summed E-state index contributed by atoms with van der Waals surface area (Å²) in [6.45, 7) is 6.26. The predicted molar refractivity (Wildman–Crippen MR) is 81.6 cm³/mol. The van der Waals surface area contributed by atoms with Crippen molar-refractivity contribution in [1.82, 2.24) is 4.90 Å². The molecule has 0 rings (SSSR count). The van der Waals surface area contributed by atoms with Crippen molar-refractivity contribution in [2.24, 2.45) is 0 Å². The van der Waals surface area contributed by atoms with Gasteiger partial charge in [0.25, 0.3) is 0 Å². The molecule has 0 atom stereocenters. The zero-order valence-corrected chi connectivity index (χ0v) is 13.2. The molecule has 0 aromatic rings.